The monoisotopic (exact) mass is 370 g/mol. The van der Waals surface area contributed by atoms with Crippen LogP contribution in [0.15, 0.2) is 73.1 Å². The molecule has 1 N–H and O–H groups in total. The predicted octanol–water partition coefficient (Wildman–Crippen LogP) is 5.00. The van der Waals surface area contributed by atoms with Crippen molar-refractivity contribution in [3.05, 3.63) is 78.6 Å². The van der Waals surface area contributed by atoms with E-state index >= 15 is 0 Å². The SMILES string of the molecule is CC(C)(C)c1ccc(-n2c(-c3ccncc3)nnc2-c2ccccc2O)cc1. The predicted molar refractivity (Wildman–Crippen MR) is 110 cm³/mol. The van der Waals surface area contributed by atoms with Gasteiger partial charge in [0.1, 0.15) is 5.75 Å². The second-order valence-electron chi connectivity index (χ2n) is 7.73. The summed E-state index contributed by atoms with van der Waals surface area (Å²) in [6.45, 7) is 6.57. The van der Waals surface area contributed by atoms with Crippen LogP contribution in [0.2, 0.25) is 0 Å². The molecule has 0 aliphatic heterocycles. The highest BCUT2D eigenvalue weighted by Crippen LogP contribution is 2.33. The molecule has 0 atom stereocenters. The number of hydrogen-bond acceptors (Lipinski definition) is 4. The number of phenolic OH excluding ortho intramolecular Hbond substituents is 1. The molecule has 0 unspecified atom stereocenters. The number of phenols is 1. The van der Waals surface area contributed by atoms with Crippen molar-refractivity contribution in [2.24, 2.45) is 0 Å². The van der Waals surface area contributed by atoms with Gasteiger partial charge in [-0.2, -0.15) is 0 Å². The average Bonchev–Trinajstić information content (AvgIpc) is 3.13. The summed E-state index contributed by atoms with van der Waals surface area (Å²) in [4.78, 5) is 4.09. The van der Waals surface area contributed by atoms with E-state index in [1.54, 1.807) is 24.5 Å². The zero-order valence-electron chi connectivity index (χ0n) is 16.2. The first-order valence-corrected chi connectivity index (χ1v) is 9.20. The van der Waals surface area contributed by atoms with E-state index in [2.05, 4.69) is 60.2 Å². The van der Waals surface area contributed by atoms with Gasteiger partial charge in [-0.15, -0.1) is 10.2 Å². The summed E-state index contributed by atoms with van der Waals surface area (Å²) in [6.07, 6.45) is 3.47. The lowest BCUT2D eigenvalue weighted by Gasteiger charge is -2.20. The lowest BCUT2D eigenvalue weighted by Crippen LogP contribution is -2.11. The van der Waals surface area contributed by atoms with Crippen LogP contribution >= 0.6 is 0 Å². The number of aromatic nitrogens is 4. The van der Waals surface area contributed by atoms with Gasteiger partial charge in [0.15, 0.2) is 11.6 Å². The fourth-order valence-electron chi connectivity index (χ4n) is 3.16. The highest BCUT2D eigenvalue weighted by Gasteiger charge is 2.20. The molecule has 2 aromatic heterocycles. The molecule has 28 heavy (non-hydrogen) atoms. The van der Waals surface area contributed by atoms with Crippen molar-refractivity contribution >= 4 is 0 Å². The number of benzene rings is 2. The number of pyridine rings is 1. The van der Waals surface area contributed by atoms with Gasteiger partial charge >= 0.3 is 0 Å². The van der Waals surface area contributed by atoms with E-state index in [1.165, 1.54) is 5.56 Å². The van der Waals surface area contributed by atoms with Gasteiger partial charge in [-0.05, 0) is 47.4 Å². The van der Waals surface area contributed by atoms with Crippen LogP contribution < -0.4 is 0 Å². The molecule has 0 fully saturated rings. The first-order valence-electron chi connectivity index (χ1n) is 9.20. The molecule has 0 amide bonds. The molecule has 0 aliphatic rings. The average molecular weight is 370 g/mol. The largest absolute Gasteiger partial charge is 0.507 e. The number of aromatic hydroxyl groups is 1. The van der Waals surface area contributed by atoms with Crippen molar-refractivity contribution < 1.29 is 5.11 Å². The third kappa shape index (κ3) is 3.27. The summed E-state index contributed by atoms with van der Waals surface area (Å²) in [5.41, 5.74) is 3.79. The molecular weight excluding hydrogens is 348 g/mol. The smallest absolute Gasteiger partial charge is 0.172 e. The van der Waals surface area contributed by atoms with Crippen molar-refractivity contribution in [2.75, 3.05) is 0 Å². The molecule has 140 valence electrons. The molecule has 2 aromatic carbocycles. The third-order valence-electron chi connectivity index (χ3n) is 4.74. The Morgan fingerprint density at radius 2 is 1.43 bits per heavy atom. The maximum atomic E-state index is 10.4. The third-order valence-corrected chi connectivity index (χ3v) is 4.74. The Bertz CT molecular complexity index is 1090. The lowest BCUT2D eigenvalue weighted by molar-refractivity contribution is 0.476. The Morgan fingerprint density at radius 3 is 2.07 bits per heavy atom. The molecule has 0 saturated carbocycles. The number of hydrogen-bond donors (Lipinski definition) is 1. The van der Waals surface area contributed by atoms with E-state index in [9.17, 15) is 5.11 Å². The molecule has 2 heterocycles. The number of rotatable bonds is 3. The Hall–Kier alpha value is -3.47. The Labute approximate surface area is 164 Å². The van der Waals surface area contributed by atoms with Crippen LogP contribution in [-0.4, -0.2) is 24.9 Å². The zero-order chi connectivity index (χ0) is 19.7. The first-order chi connectivity index (χ1) is 13.4. The summed E-state index contributed by atoms with van der Waals surface area (Å²) in [6, 6.07) is 19.4. The molecule has 0 aliphatic carbocycles. The van der Waals surface area contributed by atoms with Crippen molar-refractivity contribution in [2.45, 2.75) is 26.2 Å². The summed E-state index contributed by atoms with van der Waals surface area (Å²) >= 11 is 0. The van der Waals surface area contributed by atoms with Crippen LogP contribution in [-0.2, 0) is 5.41 Å². The van der Waals surface area contributed by atoms with Gasteiger partial charge < -0.3 is 5.11 Å². The van der Waals surface area contributed by atoms with E-state index in [0.29, 0.717) is 17.2 Å². The summed E-state index contributed by atoms with van der Waals surface area (Å²) in [5, 5.41) is 19.2. The van der Waals surface area contributed by atoms with Gasteiger partial charge in [-0.25, -0.2) is 0 Å². The van der Waals surface area contributed by atoms with E-state index in [-0.39, 0.29) is 11.2 Å². The lowest BCUT2D eigenvalue weighted by atomic mass is 9.87. The molecule has 0 saturated heterocycles. The zero-order valence-corrected chi connectivity index (χ0v) is 16.2. The van der Waals surface area contributed by atoms with Crippen molar-refractivity contribution in [1.82, 2.24) is 19.7 Å². The molecule has 0 bridgehead atoms. The highest BCUT2D eigenvalue weighted by molar-refractivity contribution is 5.70. The maximum Gasteiger partial charge on any atom is 0.172 e. The second-order valence-corrected chi connectivity index (χ2v) is 7.73. The van der Waals surface area contributed by atoms with Gasteiger partial charge in [-0.3, -0.25) is 9.55 Å². The maximum absolute atomic E-state index is 10.4. The normalized spacial score (nSPS) is 11.5. The van der Waals surface area contributed by atoms with Crippen LogP contribution in [0.3, 0.4) is 0 Å². The van der Waals surface area contributed by atoms with E-state index in [4.69, 9.17) is 0 Å². The summed E-state index contributed by atoms with van der Waals surface area (Å²) in [5.74, 6) is 1.46. The molecule has 5 nitrogen and oxygen atoms in total. The summed E-state index contributed by atoms with van der Waals surface area (Å²) in [7, 11) is 0. The number of nitrogens with zero attached hydrogens (tertiary/aromatic N) is 4. The van der Waals surface area contributed by atoms with Gasteiger partial charge in [0.2, 0.25) is 0 Å². The van der Waals surface area contributed by atoms with Crippen LogP contribution in [0.5, 0.6) is 5.75 Å². The molecule has 0 spiro atoms. The van der Waals surface area contributed by atoms with Crippen LogP contribution in [0, 0.1) is 0 Å². The minimum atomic E-state index is 0.0696. The quantitative estimate of drug-likeness (QED) is 0.551. The van der Waals surface area contributed by atoms with Crippen LogP contribution in [0.4, 0.5) is 0 Å². The molecular formula is C23H22N4O. The van der Waals surface area contributed by atoms with Gasteiger partial charge in [0, 0.05) is 23.6 Å². The van der Waals surface area contributed by atoms with E-state index in [0.717, 1.165) is 11.3 Å². The van der Waals surface area contributed by atoms with Crippen LogP contribution in [0.25, 0.3) is 28.5 Å². The number of para-hydroxylation sites is 1. The first kappa shape index (κ1) is 17.9. The fraction of sp³-hybridized carbons (Fsp3) is 0.174. The Kier molecular flexibility index (Phi) is 4.43. The highest BCUT2D eigenvalue weighted by atomic mass is 16.3. The fourth-order valence-corrected chi connectivity index (χ4v) is 3.16. The molecule has 4 aromatic rings. The molecule has 5 heteroatoms. The van der Waals surface area contributed by atoms with Crippen molar-refractivity contribution in [1.29, 1.82) is 0 Å². The van der Waals surface area contributed by atoms with Gasteiger partial charge in [0.25, 0.3) is 0 Å². The van der Waals surface area contributed by atoms with E-state index in [1.807, 2.05) is 28.8 Å². The minimum Gasteiger partial charge on any atom is -0.507 e. The molecule has 0 radical (unpaired) electrons. The van der Waals surface area contributed by atoms with Crippen LogP contribution in [0.1, 0.15) is 26.3 Å². The minimum absolute atomic E-state index is 0.0696. The standard InChI is InChI=1S/C23H22N4O/c1-23(2,3)17-8-10-18(11-9-17)27-21(16-12-14-24-15-13-16)25-26-22(27)19-6-4-5-7-20(19)28/h4-15,28H,1-3H3. The molecule has 4 rings (SSSR count). The van der Waals surface area contributed by atoms with Gasteiger partial charge in [0.05, 0.1) is 5.56 Å². The second kappa shape index (κ2) is 6.93. The van der Waals surface area contributed by atoms with E-state index < -0.39 is 0 Å². The van der Waals surface area contributed by atoms with Crippen molar-refractivity contribution in [3.8, 4) is 34.2 Å². The topological polar surface area (TPSA) is 63.8 Å². The Balaban J connectivity index is 1.93. The summed E-state index contributed by atoms with van der Waals surface area (Å²) < 4.78 is 1.97. The van der Waals surface area contributed by atoms with Crippen molar-refractivity contribution in [3.63, 3.8) is 0 Å². The van der Waals surface area contributed by atoms with Gasteiger partial charge in [-0.1, -0.05) is 45.0 Å². The Morgan fingerprint density at radius 1 is 0.786 bits per heavy atom.